The normalized spacial score (nSPS) is 27.1. The number of nitrogens with one attached hydrogen (secondary N) is 1. The van der Waals surface area contributed by atoms with Crippen molar-refractivity contribution in [3.05, 3.63) is 46.4 Å². The molecular weight excluding hydrogens is 374 g/mol. The number of aryl methyl sites for hydroxylation is 1. The smallest absolute Gasteiger partial charge is 0.264 e. The van der Waals surface area contributed by atoms with Crippen LogP contribution in [0.5, 0.6) is 0 Å². The zero-order valence-corrected chi connectivity index (χ0v) is 17.0. The van der Waals surface area contributed by atoms with Crippen molar-refractivity contribution in [3.8, 4) is 0 Å². The van der Waals surface area contributed by atoms with Crippen LogP contribution in [0.3, 0.4) is 0 Å². The number of rotatable bonds is 3. The second-order valence-corrected chi connectivity index (χ2v) is 8.69. The first-order valence-electron chi connectivity index (χ1n) is 9.70. The van der Waals surface area contributed by atoms with Gasteiger partial charge in [-0.3, -0.25) is 14.6 Å². The highest BCUT2D eigenvalue weighted by atomic mass is 32.1. The quantitative estimate of drug-likeness (QED) is 0.858. The molecule has 0 saturated carbocycles. The molecule has 2 aliphatic rings. The van der Waals surface area contributed by atoms with Crippen LogP contribution < -0.4 is 5.32 Å². The molecule has 1 N–H and O–H groups in total. The van der Waals surface area contributed by atoms with Gasteiger partial charge in [-0.25, -0.2) is 0 Å². The van der Waals surface area contributed by atoms with Crippen LogP contribution in [0, 0.1) is 12.8 Å². The Morgan fingerprint density at radius 3 is 2.89 bits per heavy atom. The van der Waals surface area contributed by atoms with Crippen LogP contribution in [-0.2, 0) is 9.53 Å². The summed E-state index contributed by atoms with van der Waals surface area (Å²) in [7, 11) is 0. The molecule has 1 spiro atoms. The molecule has 0 unspecified atom stereocenters. The van der Waals surface area contributed by atoms with Crippen LogP contribution in [0.4, 0.5) is 5.69 Å². The number of amides is 2. The van der Waals surface area contributed by atoms with Crippen molar-refractivity contribution in [2.75, 3.05) is 18.4 Å². The highest BCUT2D eigenvalue weighted by Gasteiger charge is 2.49. The summed E-state index contributed by atoms with van der Waals surface area (Å²) in [6.07, 6.45) is 5.16. The number of anilines is 1. The minimum atomic E-state index is -0.454. The van der Waals surface area contributed by atoms with E-state index in [9.17, 15) is 9.59 Å². The molecule has 4 rings (SSSR count). The van der Waals surface area contributed by atoms with E-state index in [1.54, 1.807) is 18.5 Å². The van der Waals surface area contributed by atoms with E-state index in [0.717, 1.165) is 23.3 Å². The van der Waals surface area contributed by atoms with Gasteiger partial charge in [0.1, 0.15) is 6.10 Å². The molecule has 2 aromatic rings. The van der Waals surface area contributed by atoms with Gasteiger partial charge in [-0.2, -0.15) is 0 Å². The van der Waals surface area contributed by atoms with Crippen LogP contribution in [-0.4, -0.2) is 46.5 Å². The van der Waals surface area contributed by atoms with Gasteiger partial charge in [0.2, 0.25) is 0 Å². The number of carbonyl (C=O) groups excluding carboxylic acids is 2. The second kappa shape index (κ2) is 7.64. The van der Waals surface area contributed by atoms with Gasteiger partial charge in [0, 0.05) is 25.2 Å². The summed E-state index contributed by atoms with van der Waals surface area (Å²) in [6.45, 7) is 5.43. The largest absolute Gasteiger partial charge is 0.362 e. The summed E-state index contributed by atoms with van der Waals surface area (Å²) in [4.78, 5) is 32.2. The van der Waals surface area contributed by atoms with Gasteiger partial charge < -0.3 is 15.0 Å². The lowest BCUT2D eigenvalue weighted by Crippen LogP contribution is -2.52. The number of piperidine rings is 1. The highest BCUT2D eigenvalue weighted by Crippen LogP contribution is 2.43. The monoisotopic (exact) mass is 399 g/mol. The van der Waals surface area contributed by atoms with E-state index in [0.29, 0.717) is 25.2 Å². The third-order valence-electron chi connectivity index (χ3n) is 5.97. The third kappa shape index (κ3) is 3.56. The van der Waals surface area contributed by atoms with Crippen LogP contribution in [0.1, 0.15) is 41.4 Å². The fourth-order valence-corrected chi connectivity index (χ4v) is 5.14. The van der Waals surface area contributed by atoms with Crippen molar-refractivity contribution in [3.63, 3.8) is 0 Å². The molecule has 6 nitrogen and oxygen atoms in total. The number of hydrogen-bond donors (Lipinski definition) is 1. The minimum absolute atomic E-state index is 0.109. The van der Waals surface area contributed by atoms with Gasteiger partial charge in [-0.1, -0.05) is 6.92 Å². The van der Waals surface area contributed by atoms with Crippen molar-refractivity contribution >= 4 is 28.8 Å². The lowest BCUT2D eigenvalue weighted by atomic mass is 9.80. The van der Waals surface area contributed by atoms with E-state index in [2.05, 4.69) is 17.2 Å². The number of nitrogens with zero attached hydrogens (tertiary/aromatic N) is 2. The van der Waals surface area contributed by atoms with E-state index in [4.69, 9.17) is 4.74 Å². The molecule has 0 aromatic carbocycles. The Bertz CT molecular complexity index is 869. The molecule has 28 heavy (non-hydrogen) atoms. The lowest BCUT2D eigenvalue weighted by Gasteiger charge is -2.44. The Kier molecular flexibility index (Phi) is 5.21. The summed E-state index contributed by atoms with van der Waals surface area (Å²) < 4.78 is 6.31. The molecule has 2 saturated heterocycles. The second-order valence-electron chi connectivity index (χ2n) is 7.78. The number of likely N-dealkylation sites (tertiary alicyclic amines) is 1. The molecular formula is C21H25N3O3S. The number of aromatic nitrogens is 1. The minimum Gasteiger partial charge on any atom is -0.362 e. The van der Waals surface area contributed by atoms with Crippen molar-refractivity contribution in [2.24, 2.45) is 5.92 Å². The molecule has 2 aromatic heterocycles. The number of thiophene rings is 1. The van der Waals surface area contributed by atoms with Gasteiger partial charge >= 0.3 is 0 Å². The Balaban J connectivity index is 1.38. The fourth-order valence-electron chi connectivity index (χ4n) is 4.25. The number of hydrogen-bond acceptors (Lipinski definition) is 5. The molecule has 2 amide bonds. The predicted molar refractivity (Wildman–Crippen MR) is 108 cm³/mol. The van der Waals surface area contributed by atoms with Crippen LogP contribution in [0.2, 0.25) is 0 Å². The van der Waals surface area contributed by atoms with Gasteiger partial charge in [0.15, 0.2) is 0 Å². The van der Waals surface area contributed by atoms with Crippen LogP contribution in [0.25, 0.3) is 0 Å². The van der Waals surface area contributed by atoms with E-state index < -0.39 is 6.10 Å². The molecule has 2 fully saturated rings. The summed E-state index contributed by atoms with van der Waals surface area (Å²) >= 11 is 1.50. The highest BCUT2D eigenvalue weighted by molar-refractivity contribution is 7.12. The first-order chi connectivity index (χ1) is 13.5. The van der Waals surface area contributed by atoms with Gasteiger partial charge in [-0.05, 0) is 55.3 Å². The summed E-state index contributed by atoms with van der Waals surface area (Å²) in [5.41, 5.74) is 1.39. The molecule has 0 bridgehead atoms. The summed E-state index contributed by atoms with van der Waals surface area (Å²) in [5, 5.41) is 4.84. The Morgan fingerprint density at radius 1 is 1.36 bits per heavy atom. The van der Waals surface area contributed by atoms with E-state index in [1.807, 2.05) is 29.3 Å². The number of carbonyl (C=O) groups is 2. The van der Waals surface area contributed by atoms with Crippen LogP contribution >= 0.6 is 11.3 Å². The maximum Gasteiger partial charge on any atom is 0.264 e. The predicted octanol–water partition coefficient (Wildman–Crippen LogP) is 3.49. The average molecular weight is 400 g/mol. The van der Waals surface area contributed by atoms with Crippen molar-refractivity contribution < 1.29 is 14.3 Å². The zero-order valence-electron chi connectivity index (χ0n) is 16.2. The number of ether oxygens (including phenoxy) is 1. The molecule has 148 valence electrons. The van der Waals surface area contributed by atoms with Crippen molar-refractivity contribution in [2.45, 2.75) is 44.8 Å². The fraction of sp³-hybridized carbons (Fsp3) is 0.476. The van der Waals surface area contributed by atoms with Crippen molar-refractivity contribution in [1.29, 1.82) is 0 Å². The number of pyridine rings is 1. The standard InChI is InChI=1S/C21H25N3O3S/c1-14-6-11-28-18(14)20(26)24-10-8-21(15(2)13-24)7-5-17(27-21)19(25)23-16-4-3-9-22-12-16/h3-4,6,9,11-12,15,17H,5,7-8,10,13H2,1-2H3,(H,23,25)/t15-,17-,21+/m0/s1. The van der Waals surface area contributed by atoms with E-state index >= 15 is 0 Å². The topological polar surface area (TPSA) is 71.5 Å². The first-order valence-corrected chi connectivity index (χ1v) is 10.6. The third-order valence-corrected chi connectivity index (χ3v) is 6.97. The van der Waals surface area contributed by atoms with Crippen LogP contribution in [0.15, 0.2) is 36.0 Å². The molecule has 0 radical (unpaired) electrons. The zero-order chi connectivity index (χ0) is 19.7. The van der Waals surface area contributed by atoms with E-state index in [-0.39, 0.29) is 23.3 Å². The molecule has 0 aliphatic carbocycles. The SMILES string of the molecule is Cc1ccsc1C(=O)N1CC[C@]2(CC[C@@H](C(=O)Nc3cccnc3)O2)[C@@H](C)C1. The molecule has 4 heterocycles. The first kappa shape index (κ1) is 19.1. The molecule has 2 aliphatic heterocycles. The lowest BCUT2D eigenvalue weighted by molar-refractivity contribution is -0.141. The summed E-state index contributed by atoms with van der Waals surface area (Å²) in [5.74, 6) is 0.171. The Morgan fingerprint density at radius 2 is 2.21 bits per heavy atom. The Hall–Kier alpha value is -2.25. The van der Waals surface area contributed by atoms with Gasteiger partial charge in [0.05, 0.1) is 22.4 Å². The maximum atomic E-state index is 12.8. The van der Waals surface area contributed by atoms with Crippen molar-refractivity contribution in [1.82, 2.24) is 9.88 Å². The van der Waals surface area contributed by atoms with Gasteiger partial charge in [0.25, 0.3) is 11.8 Å². The summed E-state index contributed by atoms with van der Waals surface area (Å²) in [6, 6.07) is 5.59. The van der Waals surface area contributed by atoms with E-state index in [1.165, 1.54) is 11.3 Å². The maximum absolute atomic E-state index is 12.8. The van der Waals surface area contributed by atoms with Gasteiger partial charge in [-0.15, -0.1) is 11.3 Å². The average Bonchev–Trinajstić information content (AvgIpc) is 3.32. The molecule has 3 atom stereocenters. The Labute approximate surface area is 168 Å². The molecule has 7 heteroatoms.